The number of aromatic hydroxyl groups is 1. The van der Waals surface area contributed by atoms with E-state index in [0.29, 0.717) is 5.56 Å². The summed E-state index contributed by atoms with van der Waals surface area (Å²) in [5, 5.41) is 12.4. The Morgan fingerprint density at radius 3 is 2.43 bits per heavy atom. The van der Waals surface area contributed by atoms with Crippen LogP contribution in [0.15, 0.2) is 53.5 Å². The first kappa shape index (κ1) is 20.3. The van der Waals surface area contributed by atoms with Crippen LogP contribution in [0.4, 0.5) is 4.39 Å². The van der Waals surface area contributed by atoms with Gasteiger partial charge in [-0.3, -0.25) is 18.9 Å². The summed E-state index contributed by atoms with van der Waals surface area (Å²) in [6.45, 7) is 4.69. The van der Waals surface area contributed by atoms with Crippen LogP contribution in [-0.2, 0) is 5.54 Å². The Labute approximate surface area is 164 Å². The average molecular weight is 406 g/mol. The predicted molar refractivity (Wildman–Crippen MR) is 109 cm³/mol. The van der Waals surface area contributed by atoms with Crippen molar-refractivity contribution in [2.75, 3.05) is 5.75 Å². The molecule has 3 rings (SSSR count). The lowest BCUT2D eigenvalue weighted by Crippen LogP contribution is -2.55. The molecule has 4 N–H and O–H groups in total. The number of halogens is 1. The van der Waals surface area contributed by atoms with Gasteiger partial charge in [0.1, 0.15) is 27.7 Å². The lowest BCUT2D eigenvalue weighted by atomic mass is 9.93. The molecule has 1 atom stereocenters. The Balaban J connectivity index is 2.09. The average Bonchev–Trinajstić information content (AvgIpc) is 2.62. The Hall–Kier alpha value is -2.42. The Morgan fingerprint density at radius 2 is 1.79 bits per heavy atom. The van der Waals surface area contributed by atoms with Crippen LogP contribution in [-0.4, -0.2) is 36.5 Å². The van der Waals surface area contributed by atoms with Gasteiger partial charge in [0, 0.05) is 11.1 Å². The van der Waals surface area contributed by atoms with E-state index < -0.39 is 32.6 Å². The fourth-order valence-electron chi connectivity index (χ4n) is 3.15. The van der Waals surface area contributed by atoms with Crippen LogP contribution in [0.1, 0.15) is 36.7 Å². The monoisotopic (exact) mass is 406 g/mol. The molecule has 0 fully saturated rings. The zero-order valence-corrected chi connectivity index (χ0v) is 16.6. The molecule has 0 bridgehead atoms. The Morgan fingerprint density at radius 1 is 1.14 bits per heavy atom. The molecule has 0 unspecified atom stereocenters. The van der Waals surface area contributed by atoms with Crippen molar-refractivity contribution in [3.8, 4) is 5.75 Å². The molecule has 2 aromatic rings. The molecular formula is C20H23FN2O4S. The second kappa shape index (κ2) is 6.88. The number of aliphatic imine (C=N–C) groups is 1. The van der Waals surface area contributed by atoms with Crippen molar-refractivity contribution in [2.24, 2.45) is 4.99 Å². The smallest absolute Gasteiger partial charge is 0.256 e. The summed E-state index contributed by atoms with van der Waals surface area (Å²) < 4.78 is 34.9. The molecule has 0 radical (unpaired) electrons. The number of hydrogen-bond acceptors (Lipinski definition) is 5. The van der Waals surface area contributed by atoms with Crippen LogP contribution < -0.4 is 5.32 Å². The maximum atomic E-state index is 14.5. The SMILES string of the molecule is CC1(C)C(NC(=O)c2ccccc2)=N[C@](C)(c2cc(O)ccc2F)CS1(O)O. The van der Waals surface area contributed by atoms with Gasteiger partial charge in [0.05, 0.1) is 5.75 Å². The second-order valence-corrected chi connectivity index (χ2v) is 10.2. The van der Waals surface area contributed by atoms with Gasteiger partial charge >= 0.3 is 0 Å². The molecule has 2 aromatic carbocycles. The first-order valence-corrected chi connectivity index (χ1v) is 10.4. The van der Waals surface area contributed by atoms with Gasteiger partial charge < -0.3 is 10.4 Å². The Bertz CT molecular complexity index is 946. The summed E-state index contributed by atoms with van der Waals surface area (Å²) in [5.41, 5.74) is -0.973. The fourth-order valence-corrected chi connectivity index (χ4v) is 4.92. The molecule has 0 aromatic heterocycles. The highest BCUT2D eigenvalue weighted by atomic mass is 32.3. The van der Waals surface area contributed by atoms with Crippen molar-refractivity contribution < 1.29 is 23.4 Å². The predicted octanol–water partition coefficient (Wildman–Crippen LogP) is 4.12. The van der Waals surface area contributed by atoms with Crippen molar-refractivity contribution in [3.05, 3.63) is 65.5 Å². The Kier molecular flexibility index (Phi) is 4.99. The highest BCUT2D eigenvalue weighted by Gasteiger charge is 2.50. The van der Waals surface area contributed by atoms with Crippen LogP contribution in [0.25, 0.3) is 0 Å². The lowest BCUT2D eigenvalue weighted by molar-refractivity contribution is 0.0975. The van der Waals surface area contributed by atoms with Gasteiger partial charge in [-0.05, 0) is 51.1 Å². The third-order valence-electron chi connectivity index (χ3n) is 5.03. The maximum Gasteiger partial charge on any atom is 0.256 e. The van der Waals surface area contributed by atoms with Gasteiger partial charge in [-0.25, -0.2) is 4.39 Å². The summed E-state index contributed by atoms with van der Waals surface area (Å²) in [6, 6.07) is 12.0. The van der Waals surface area contributed by atoms with E-state index in [1.54, 1.807) is 51.1 Å². The lowest BCUT2D eigenvalue weighted by Gasteiger charge is -2.54. The quantitative estimate of drug-likeness (QED) is 0.602. The molecule has 6 nitrogen and oxygen atoms in total. The van der Waals surface area contributed by atoms with E-state index in [4.69, 9.17) is 0 Å². The standard InChI is InChI=1S/C20H23FN2O4S/c1-19(2)18(22-17(25)13-7-5-4-6-8-13)23-20(3,12-28(19,26)27)15-11-14(24)9-10-16(15)21/h4-11,24,26-27H,12H2,1-3H3,(H,22,23,25)/t20-/m0/s1. The molecule has 8 heteroatoms. The minimum absolute atomic E-state index is 0.0226. The van der Waals surface area contributed by atoms with Gasteiger partial charge in [-0.2, -0.15) is 10.6 Å². The van der Waals surface area contributed by atoms with Gasteiger partial charge in [-0.15, -0.1) is 0 Å². The number of nitrogens with one attached hydrogen (secondary N) is 1. The molecule has 1 aliphatic heterocycles. The molecular weight excluding hydrogens is 383 g/mol. The van der Waals surface area contributed by atoms with E-state index in [9.17, 15) is 23.4 Å². The van der Waals surface area contributed by atoms with E-state index in [1.807, 2.05) is 0 Å². The largest absolute Gasteiger partial charge is 0.508 e. The zero-order chi connectivity index (χ0) is 20.7. The van der Waals surface area contributed by atoms with Crippen LogP contribution in [0.5, 0.6) is 5.75 Å². The molecule has 0 saturated heterocycles. The number of phenols is 1. The molecule has 28 heavy (non-hydrogen) atoms. The summed E-state index contributed by atoms with van der Waals surface area (Å²) in [6.07, 6.45) is 0. The number of nitrogens with zero attached hydrogens (tertiary/aromatic N) is 1. The number of carbonyl (C=O) groups excluding carboxylic acids is 1. The maximum absolute atomic E-state index is 14.5. The van der Waals surface area contributed by atoms with Crippen LogP contribution in [0.3, 0.4) is 0 Å². The number of benzene rings is 2. The molecule has 1 heterocycles. The molecule has 0 spiro atoms. The number of phenolic OH excluding ortho intramolecular Hbond substituents is 1. The van der Waals surface area contributed by atoms with Crippen molar-refractivity contribution >= 4 is 22.3 Å². The van der Waals surface area contributed by atoms with E-state index in [0.717, 1.165) is 6.07 Å². The second-order valence-electron chi connectivity index (χ2n) is 7.54. The first-order valence-electron chi connectivity index (χ1n) is 8.67. The number of amides is 1. The van der Waals surface area contributed by atoms with E-state index in [-0.39, 0.29) is 22.9 Å². The summed E-state index contributed by atoms with van der Waals surface area (Å²) >= 11 is 0. The van der Waals surface area contributed by atoms with E-state index in [1.165, 1.54) is 12.1 Å². The minimum atomic E-state index is -3.32. The van der Waals surface area contributed by atoms with Crippen LogP contribution in [0.2, 0.25) is 0 Å². The summed E-state index contributed by atoms with van der Waals surface area (Å²) in [7, 11) is -3.32. The van der Waals surface area contributed by atoms with Crippen molar-refractivity contribution in [1.82, 2.24) is 5.32 Å². The zero-order valence-electron chi connectivity index (χ0n) is 15.8. The van der Waals surface area contributed by atoms with Gasteiger partial charge in [-0.1, -0.05) is 18.2 Å². The van der Waals surface area contributed by atoms with Crippen molar-refractivity contribution in [2.45, 2.75) is 31.1 Å². The number of rotatable bonds is 2. The fraction of sp³-hybridized carbons (Fsp3) is 0.300. The van der Waals surface area contributed by atoms with Crippen molar-refractivity contribution in [3.63, 3.8) is 0 Å². The highest BCUT2D eigenvalue weighted by molar-refractivity contribution is 8.26. The van der Waals surface area contributed by atoms with E-state index >= 15 is 0 Å². The van der Waals surface area contributed by atoms with Gasteiger partial charge in [0.2, 0.25) is 0 Å². The highest BCUT2D eigenvalue weighted by Crippen LogP contribution is 2.59. The third-order valence-corrected chi connectivity index (χ3v) is 7.82. The number of hydrogen-bond donors (Lipinski definition) is 4. The van der Waals surface area contributed by atoms with Gasteiger partial charge in [0.15, 0.2) is 0 Å². The molecule has 0 aliphatic carbocycles. The third kappa shape index (κ3) is 3.50. The summed E-state index contributed by atoms with van der Waals surface area (Å²) in [4.78, 5) is 17.2. The number of carbonyl (C=O) groups is 1. The number of amidine groups is 1. The molecule has 0 saturated carbocycles. The van der Waals surface area contributed by atoms with Gasteiger partial charge in [0.25, 0.3) is 5.91 Å². The van der Waals surface area contributed by atoms with Crippen LogP contribution >= 0.6 is 10.6 Å². The molecule has 1 amide bonds. The topological polar surface area (TPSA) is 102 Å². The summed E-state index contributed by atoms with van der Waals surface area (Å²) in [5.74, 6) is -1.43. The van der Waals surface area contributed by atoms with E-state index in [2.05, 4.69) is 10.3 Å². The molecule has 1 aliphatic rings. The normalized spacial score (nSPS) is 24.1. The minimum Gasteiger partial charge on any atom is -0.508 e. The first-order chi connectivity index (χ1) is 13.0. The van der Waals surface area contributed by atoms with Crippen LogP contribution in [0, 0.1) is 5.82 Å². The molecule has 150 valence electrons. The van der Waals surface area contributed by atoms with Crippen molar-refractivity contribution in [1.29, 1.82) is 0 Å².